The summed E-state index contributed by atoms with van der Waals surface area (Å²) in [5.74, 6) is 0.612. The standard InChI is InChI=1S/C21H24N2O4/c1-4-6-17-13-19(23(25)26)11-12-20(17)27-14-21(24)22-18-9-7-16(8-10-18)15(3)5-2/h4,7-13,15H,1,5-6,14H2,2-3H3,(H,22,24)/t15-/m0/s1. The van der Waals surface area contributed by atoms with E-state index in [0.717, 1.165) is 6.42 Å². The molecule has 2 aromatic rings. The zero-order chi connectivity index (χ0) is 19.8. The number of nitrogens with one attached hydrogen (secondary N) is 1. The molecular weight excluding hydrogens is 344 g/mol. The van der Waals surface area contributed by atoms with Crippen molar-refractivity contribution in [3.05, 3.63) is 76.4 Å². The van der Waals surface area contributed by atoms with Crippen LogP contribution in [-0.4, -0.2) is 17.4 Å². The van der Waals surface area contributed by atoms with Gasteiger partial charge in [0.1, 0.15) is 5.75 Å². The number of carbonyl (C=O) groups is 1. The quantitative estimate of drug-likeness (QED) is 0.389. The molecule has 0 aliphatic rings. The summed E-state index contributed by atoms with van der Waals surface area (Å²) < 4.78 is 5.56. The van der Waals surface area contributed by atoms with Crippen LogP contribution in [0.2, 0.25) is 0 Å². The zero-order valence-corrected chi connectivity index (χ0v) is 15.6. The first-order valence-electron chi connectivity index (χ1n) is 8.85. The second-order valence-electron chi connectivity index (χ2n) is 6.31. The number of anilines is 1. The van der Waals surface area contributed by atoms with E-state index >= 15 is 0 Å². The van der Waals surface area contributed by atoms with Crippen molar-refractivity contribution in [2.24, 2.45) is 0 Å². The number of nitro groups is 1. The number of nitro benzene ring substituents is 1. The summed E-state index contributed by atoms with van der Waals surface area (Å²) in [5, 5.41) is 13.7. The highest BCUT2D eigenvalue weighted by atomic mass is 16.6. The third-order valence-electron chi connectivity index (χ3n) is 4.35. The van der Waals surface area contributed by atoms with Crippen LogP contribution in [0, 0.1) is 10.1 Å². The number of non-ortho nitro benzene ring substituents is 1. The third kappa shape index (κ3) is 5.67. The molecule has 27 heavy (non-hydrogen) atoms. The first-order valence-corrected chi connectivity index (χ1v) is 8.85. The van der Waals surface area contributed by atoms with Gasteiger partial charge in [-0.05, 0) is 42.5 Å². The Hall–Kier alpha value is -3.15. The monoisotopic (exact) mass is 368 g/mol. The molecule has 0 aliphatic heterocycles. The molecule has 2 rings (SSSR count). The van der Waals surface area contributed by atoms with Gasteiger partial charge in [-0.15, -0.1) is 6.58 Å². The molecule has 0 fully saturated rings. The lowest BCUT2D eigenvalue weighted by atomic mass is 9.99. The molecule has 1 atom stereocenters. The molecule has 2 aromatic carbocycles. The Labute approximate surface area is 159 Å². The van der Waals surface area contributed by atoms with Crippen molar-refractivity contribution in [2.75, 3.05) is 11.9 Å². The number of hydrogen-bond donors (Lipinski definition) is 1. The molecule has 0 radical (unpaired) electrons. The van der Waals surface area contributed by atoms with E-state index in [1.165, 1.54) is 23.8 Å². The minimum absolute atomic E-state index is 0.0231. The molecule has 0 saturated carbocycles. The van der Waals surface area contributed by atoms with E-state index in [1.807, 2.05) is 24.3 Å². The minimum atomic E-state index is -0.466. The summed E-state index contributed by atoms with van der Waals surface area (Å²) in [6.07, 6.45) is 3.10. The van der Waals surface area contributed by atoms with Gasteiger partial charge in [-0.1, -0.05) is 32.1 Å². The topological polar surface area (TPSA) is 81.5 Å². The van der Waals surface area contributed by atoms with Gasteiger partial charge in [-0.2, -0.15) is 0 Å². The van der Waals surface area contributed by atoms with E-state index in [2.05, 4.69) is 25.7 Å². The van der Waals surface area contributed by atoms with Gasteiger partial charge in [0, 0.05) is 23.4 Å². The summed E-state index contributed by atoms with van der Waals surface area (Å²) in [7, 11) is 0. The number of ether oxygens (including phenoxy) is 1. The highest BCUT2D eigenvalue weighted by molar-refractivity contribution is 5.91. The number of carbonyl (C=O) groups excluding carboxylic acids is 1. The maximum atomic E-state index is 12.1. The van der Waals surface area contributed by atoms with Crippen molar-refractivity contribution in [2.45, 2.75) is 32.6 Å². The van der Waals surface area contributed by atoms with Crippen LogP contribution in [0.1, 0.15) is 37.3 Å². The van der Waals surface area contributed by atoms with E-state index in [9.17, 15) is 14.9 Å². The van der Waals surface area contributed by atoms with Gasteiger partial charge in [0.25, 0.3) is 11.6 Å². The van der Waals surface area contributed by atoms with Crippen LogP contribution in [0.15, 0.2) is 55.1 Å². The molecule has 0 heterocycles. The van der Waals surface area contributed by atoms with Crippen molar-refractivity contribution in [1.29, 1.82) is 0 Å². The number of rotatable bonds is 9. The minimum Gasteiger partial charge on any atom is -0.483 e. The first-order chi connectivity index (χ1) is 12.9. The van der Waals surface area contributed by atoms with Crippen LogP contribution in [0.25, 0.3) is 0 Å². The van der Waals surface area contributed by atoms with Gasteiger partial charge >= 0.3 is 0 Å². The Morgan fingerprint density at radius 3 is 2.59 bits per heavy atom. The molecule has 6 nitrogen and oxygen atoms in total. The Morgan fingerprint density at radius 1 is 1.30 bits per heavy atom. The van der Waals surface area contributed by atoms with Crippen molar-refractivity contribution in [3.63, 3.8) is 0 Å². The summed E-state index contributed by atoms with van der Waals surface area (Å²) in [6, 6.07) is 12.0. The molecule has 6 heteroatoms. The first kappa shape index (κ1) is 20.2. The van der Waals surface area contributed by atoms with Gasteiger partial charge in [0.2, 0.25) is 0 Å². The molecule has 0 spiro atoms. The van der Waals surface area contributed by atoms with Gasteiger partial charge in [-0.3, -0.25) is 14.9 Å². The number of nitrogens with zero attached hydrogens (tertiary/aromatic N) is 1. The second-order valence-corrected chi connectivity index (χ2v) is 6.31. The van der Waals surface area contributed by atoms with Gasteiger partial charge in [-0.25, -0.2) is 0 Å². The second kappa shape index (κ2) is 9.52. The Morgan fingerprint density at radius 2 is 2.00 bits per heavy atom. The molecule has 0 bridgehead atoms. The maximum absolute atomic E-state index is 12.1. The fraction of sp³-hybridized carbons (Fsp3) is 0.286. The fourth-order valence-electron chi connectivity index (χ4n) is 2.61. The maximum Gasteiger partial charge on any atom is 0.269 e. The summed E-state index contributed by atoms with van der Waals surface area (Å²) in [5.41, 5.74) is 2.52. The molecule has 142 valence electrons. The molecule has 0 unspecified atom stereocenters. The molecule has 1 N–H and O–H groups in total. The normalized spacial score (nSPS) is 11.5. The number of amides is 1. The smallest absolute Gasteiger partial charge is 0.269 e. The highest BCUT2D eigenvalue weighted by Gasteiger charge is 2.12. The zero-order valence-electron chi connectivity index (χ0n) is 15.6. The Balaban J connectivity index is 1.98. The third-order valence-corrected chi connectivity index (χ3v) is 4.35. The highest BCUT2D eigenvalue weighted by Crippen LogP contribution is 2.25. The lowest BCUT2D eigenvalue weighted by Gasteiger charge is -2.12. The molecule has 1 amide bonds. The number of hydrogen-bond acceptors (Lipinski definition) is 4. The van der Waals surface area contributed by atoms with E-state index < -0.39 is 4.92 Å². The van der Waals surface area contributed by atoms with Crippen molar-refractivity contribution < 1.29 is 14.5 Å². The summed E-state index contributed by atoms with van der Waals surface area (Å²) in [4.78, 5) is 22.6. The molecule has 0 saturated heterocycles. The lowest BCUT2D eigenvalue weighted by molar-refractivity contribution is -0.384. The van der Waals surface area contributed by atoms with E-state index in [4.69, 9.17) is 4.74 Å². The predicted molar refractivity (Wildman–Crippen MR) is 106 cm³/mol. The summed E-state index contributed by atoms with van der Waals surface area (Å²) in [6.45, 7) is 7.75. The van der Waals surface area contributed by atoms with Crippen LogP contribution in [0.5, 0.6) is 5.75 Å². The van der Waals surface area contributed by atoms with Crippen LogP contribution >= 0.6 is 0 Å². The predicted octanol–water partition coefficient (Wildman–Crippen LogP) is 4.85. The van der Waals surface area contributed by atoms with E-state index in [0.29, 0.717) is 29.3 Å². The molecule has 0 aliphatic carbocycles. The average Bonchev–Trinajstić information content (AvgIpc) is 2.67. The van der Waals surface area contributed by atoms with Crippen molar-refractivity contribution in [1.82, 2.24) is 0 Å². The fourth-order valence-corrected chi connectivity index (χ4v) is 2.61. The van der Waals surface area contributed by atoms with Crippen LogP contribution < -0.4 is 10.1 Å². The van der Waals surface area contributed by atoms with Gasteiger partial charge < -0.3 is 10.1 Å². The molecular formula is C21H24N2O4. The summed E-state index contributed by atoms with van der Waals surface area (Å²) >= 11 is 0. The van der Waals surface area contributed by atoms with Gasteiger partial charge in [0.15, 0.2) is 6.61 Å². The average molecular weight is 368 g/mol. The molecule has 0 aromatic heterocycles. The largest absolute Gasteiger partial charge is 0.483 e. The Kier molecular flexibility index (Phi) is 7.11. The van der Waals surface area contributed by atoms with E-state index in [-0.39, 0.29) is 18.2 Å². The van der Waals surface area contributed by atoms with E-state index in [1.54, 1.807) is 6.08 Å². The van der Waals surface area contributed by atoms with Crippen molar-refractivity contribution in [3.8, 4) is 5.75 Å². The lowest BCUT2D eigenvalue weighted by Crippen LogP contribution is -2.20. The van der Waals surface area contributed by atoms with Crippen molar-refractivity contribution >= 4 is 17.3 Å². The number of benzene rings is 2. The van der Waals surface area contributed by atoms with Crippen LogP contribution in [0.3, 0.4) is 0 Å². The van der Waals surface area contributed by atoms with Crippen LogP contribution in [-0.2, 0) is 11.2 Å². The van der Waals surface area contributed by atoms with Gasteiger partial charge in [0.05, 0.1) is 4.92 Å². The SMILES string of the molecule is C=CCc1cc([N+](=O)[O-])ccc1OCC(=O)Nc1ccc([C@@H](C)CC)cc1. The Bertz CT molecular complexity index is 815. The van der Waals surface area contributed by atoms with Crippen LogP contribution in [0.4, 0.5) is 11.4 Å². The number of allylic oxidation sites excluding steroid dienone is 1.